The third kappa shape index (κ3) is 3.20. The second kappa shape index (κ2) is 5.24. The molecule has 3 unspecified atom stereocenters. The Bertz CT molecular complexity index is 356. The normalized spacial score (nSPS) is 39.1. The minimum atomic E-state index is -2.80. The van der Waals surface area contributed by atoms with E-state index in [4.69, 9.17) is 5.73 Å². The van der Waals surface area contributed by atoms with Crippen LogP contribution in [0, 0.1) is 5.92 Å². The molecule has 0 aromatic carbocycles. The van der Waals surface area contributed by atoms with Crippen LogP contribution in [-0.2, 0) is 9.84 Å². The predicted octanol–water partition coefficient (Wildman–Crippen LogP) is 0.623. The van der Waals surface area contributed by atoms with Crippen molar-refractivity contribution in [3.05, 3.63) is 0 Å². The van der Waals surface area contributed by atoms with Crippen LogP contribution in [0.4, 0.5) is 0 Å². The lowest BCUT2D eigenvalue weighted by Crippen LogP contribution is -2.52. The molecule has 2 fully saturated rings. The van der Waals surface area contributed by atoms with Crippen molar-refractivity contribution in [2.75, 3.05) is 24.6 Å². The lowest BCUT2D eigenvalue weighted by molar-refractivity contribution is 0.0769. The zero-order chi connectivity index (χ0) is 12.5. The van der Waals surface area contributed by atoms with Gasteiger partial charge in [0.05, 0.1) is 11.5 Å². The molecule has 0 saturated carbocycles. The zero-order valence-corrected chi connectivity index (χ0v) is 11.5. The van der Waals surface area contributed by atoms with Gasteiger partial charge in [-0.15, -0.1) is 0 Å². The van der Waals surface area contributed by atoms with Crippen LogP contribution in [0.1, 0.15) is 32.6 Å². The highest BCUT2D eigenvalue weighted by Gasteiger charge is 2.34. The molecule has 2 aliphatic rings. The smallest absolute Gasteiger partial charge is 0.151 e. The van der Waals surface area contributed by atoms with E-state index in [1.807, 2.05) is 0 Å². The van der Waals surface area contributed by atoms with Crippen molar-refractivity contribution in [3.8, 4) is 0 Å². The van der Waals surface area contributed by atoms with E-state index in [0.717, 1.165) is 32.4 Å². The van der Waals surface area contributed by atoms with Gasteiger partial charge < -0.3 is 5.73 Å². The number of piperidine rings is 1. The number of nitrogens with two attached hydrogens (primary N) is 1. The Hall–Kier alpha value is -0.130. The average Bonchev–Trinajstić information content (AvgIpc) is 2.28. The van der Waals surface area contributed by atoms with E-state index in [1.54, 1.807) is 0 Å². The monoisotopic (exact) mass is 260 g/mol. The largest absolute Gasteiger partial charge is 0.330 e. The average molecular weight is 260 g/mol. The van der Waals surface area contributed by atoms with E-state index in [2.05, 4.69) is 11.8 Å². The van der Waals surface area contributed by atoms with Gasteiger partial charge in [-0.25, -0.2) is 8.42 Å². The second-order valence-corrected chi connectivity index (χ2v) is 7.86. The van der Waals surface area contributed by atoms with Gasteiger partial charge in [-0.1, -0.05) is 0 Å². The standard InChI is InChI=1S/C12H24N2O2S/c1-10-4-5-11(7-13)8-14(10)12-3-2-6-17(15,16)9-12/h10-12H,2-9,13H2,1H3. The fraction of sp³-hybridized carbons (Fsp3) is 1.00. The number of hydrogen-bond donors (Lipinski definition) is 1. The van der Waals surface area contributed by atoms with E-state index in [-0.39, 0.29) is 6.04 Å². The van der Waals surface area contributed by atoms with Crippen LogP contribution in [0.2, 0.25) is 0 Å². The van der Waals surface area contributed by atoms with Crippen molar-refractivity contribution in [2.45, 2.75) is 44.7 Å². The molecule has 0 radical (unpaired) electrons. The quantitative estimate of drug-likeness (QED) is 0.791. The van der Waals surface area contributed by atoms with Gasteiger partial charge in [-0.3, -0.25) is 4.90 Å². The Labute approximate surface area is 104 Å². The summed E-state index contributed by atoms with van der Waals surface area (Å²) < 4.78 is 23.4. The van der Waals surface area contributed by atoms with Gasteiger partial charge in [0.1, 0.15) is 0 Å². The first-order valence-electron chi connectivity index (χ1n) is 6.68. The number of hydrogen-bond acceptors (Lipinski definition) is 4. The molecule has 0 bridgehead atoms. The SMILES string of the molecule is CC1CCC(CN)CN1C1CCCS(=O)(=O)C1. The summed E-state index contributed by atoms with van der Waals surface area (Å²) in [5, 5.41) is 0. The summed E-state index contributed by atoms with van der Waals surface area (Å²) in [7, 11) is -2.80. The molecule has 2 aliphatic heterocycles. The third-order valence-electron chi connectivity index (χ3n) is 4.27. The van der Waals surface area contributed by atoms with Crippen LogP contribution in [0.15, 0.2) is 0 Å². The van der Waals surface area contributed by atoms with Crippen molar-refractivity contribution in [1.29, 1.82) is 0 Å². The highest BCUT2D eigenvalue weighted by molar-refractivity contribution is 7.91. The zero-order valence-electron chi connectivity index (χ0n) is 10.6. The maximum absolute atomic E-state index is 11.7. The molecule has 17 heavy (non-hydrogen) atoms. The van der Waals surface area contributed by atoms with Crippen molar-refractivity contribution < 1.29 is 8.42 Å². The van der Waals surface area contributed by atoms with Gasteiger partial charge in [0.25, 0.3) is 0 Å². The first-order chi connectivity index (χ1) is 8.02. The molecule has 2 heterocycles. The summed E-state index contributed by atoms with van der Waals surface area (Å²) >= 11 is 0. The van der Waals surface area contributed by atoms with E-state index < -0.39 is 9.84 Å². The topological polar surface area (TPSA) is 63.4 Å². The Morgan fingerprint density at radius 1 is 1.29 bits per heavy atom. The molecular formula is C12H24N2O2S. The van der Waals surface area contributed by atoms with Crippen LogP contribution in [0.5, 0.6) is 0 Å². The van der Waals surface area contributed by atoms with Gasteiger partial charge in [-0.05, 0) is 45.1 Å². The first kappa shape index (κ1) is 13.3. The summed E-state index contributed by atoms with van der Waals surface area (Å²) in [6.45, 7) is 3.93. The van der Waals surface area contributed by atoms with Gasteiger partial charge in [0, 0.05) is 18.6 Å². The lowest BCUT2D eigenvalue weighted by Gasteiger charge is -2.43. The molecule has 5 heteroatoms. The molecule has 0 amide bonds. The van der Waals surface area contributed by atoms with E-state index >= 15 is 0 Å². The van der Waals surface area contributed by atoms with E-state index in [1.165, 1.54) is 6.42 Å². The summed E-state index contributed by atoms with van der Waals surface area (Å²) in [5.41, 5.74) is 5.75. The van der Waals surface area contributed by atoms with Gasteiger partial charge in [0.15, 0.2) is 9.84 Å². The molecule has 0 spiro atoms. The predicted molar refractivity (Wildman–Crippen MR) is 69.6 cm³/mol. The van der Waals surface area contributed by atoms with Gasteiger partial charge >= 0.3 is 0 Å². The molecule has 0 aliphatic carbocycles. The molecule has 2 N–H and O–H groups in total. The van der Waals surface area contributed by atoms with E-state index in [9.17, 15) is 8.42 Å². The highest BCUT2D eigenvalue weighted by atomic mass is 32.2. The summed E-state index contributed by atoms with van der Waals surface area (Å²) in [4.78, 5) is 2.40. The molecule has 2 rings (SSSR count). The molecule has 0 aromatic rings. The Morgan fingerprint density at radius 3 is 2.71 bits per heavy atom. The van der Waals surface area contributed by atoms with Gasteiger partial charge in [-0.2, -0.15) is 0 Å². The van der Waals surface area contributed by atoms with Crippen LogP contribution >= 0.6 is 0 Å². The fourth-order valence-corrected chi connectivity index (χ4v) is 4.89. The third-order valence-corrected chi connectivity index (χ3v) is 6.07. The first-order valence-corrected chi connectivity index (χ1v) is 8.50. The molecule has 100 valence electrons. The number of rotatable bonds is 2. The fourth-order valence-electron chi connectivity index (χ4n) is 3.17. The molecule has 3 atom stereocenters. The van der Waals surface area contributed by atoms with Crippen LogP contribution in [0.3, 0.4) is 0 Å². The van der Waals surface area contributed by atoms with E-state index in [0.29, 0.717) is 23.5 Å². The Balaban J connectivity index is 2.04. The van der Waals surface area contributed by atoms with Crippen LogP contribution in [0.25, 0.3) is 0 Å². The Morgan fingerprint density at radius 2 is 2.06 bits per heavy atom. The lowest BCUT2D eigenvalue weighted by atomic mass is 9.91. The maximum Gasteiger partial charge on any atom is 0.151 e. The van der Waals surface area contributed by atoms with Crippen molar-refractivity contribution in [1.82, 2.24) is 4.90 Å². The van der Waals surface area contributed by atoms with Crippen LogP contribution < -0.4 is 5.73 Å². The summed E-state index contributed by atoms with van der Waals surface area (Å²) in [6, 6.07) is 0.745. The molecule has 2 saturated heterocycles. The summed E-state index contributed by atoms with van der Waals surface area (Å²) in [6.07, 6.45) is 4.19. The number of sulfone groups is 1. The van der Waals surface area contributed by atoms with Crippen molar-refractivity contribution >= 4 is 9.84 Å². The van der Waals surface area contributed by atoms with Crippen molar-refractivity contribution in [2.24, 2.45) is 11.7 Å². The van der Waals surface area contributed by atoms with Crippen molar-refractivity contribution in [3.63, 3.8) is 0 Å². The number of likely N-dealkylation sites (tertiary alicyclic amines) is 1. The molecule has 0 aromatic heterocycles. The maximum atomic E-state index is 11.7. The number of nitrogens with zero attached hydrogens (tertiary/aromatic N) is 1. The second-order valence-electron chi connectivity index (χ2n) is 5.64. The molecular weight excluding hydrogens is 236 g/mol. The highest BCUT2D eigenvalue weighted by Crippen LogP contribution is 2.27. The summed E-state index contributed by atoms with van der Waals surface area (Å²) in [5.74, 6) is 1.29. The van der Waals surface area contributed by atoms with Crippen LogP contribution in [-0.4, -0.2) is 50.0 Å². The van der Waals surface area contributed by atoms with Gasteiger partial charge in [0.2, 0.25) is 0 Å². The minimum Gasteiger partial charge on any atom is -0.330 e. The minimum absolute atomic E-state index is 0.234. The molecule has 4 nitrogen and oxygen atoms in total. The Kier molecular flexibility index (Phi) is 4.10.